The first kappa shape index (κ1) is 21.0. The molecule has 3 aromatic rings. The van der Waals surface area contributed by atoms with Gasteiger partial charge in [-0.05, 0) is 42.2 Å². The van der Waals surface area contributed by atoms with Gasteiger partial charge in [0.2, 0.25) is 0 Å². The Morgan fingerprint density at radius 2 is 1.97 bits per heavy atom. The molecule has 4 rings (SSSR count). The zero-order valence-electron chi connectivity index (χ0n) is 17.7. The van der Waals surface area contributed by atoms with E-state index in [0.717, 1.165) is 61.0 Å². The van der Waals surface area contributed by atoms with Crippen molar-refractivity contribution >= 4 is 5.96 Å². The number of nitrogens with one attached hydrogen (secondary N) is 3. The Kier molecular flexibility index (Phi) is 6.89. The fourth-order valence-electron chi connectivity index (χ4n) is 3.83. The molecule has 0 radical (unpaired) electrons. The van der Waals surface area contributed by atoms with E-state index in [-0.39, 0.29) is 5.82 Å². The molecular weight excluding hydrogens is 393 g/mol. The highest BCUT2D eigenvalue weighted by atomic mass is 19.1. The van der Waals surface area contributed by atoms with Crippen LogP contribution < -0.4 is 10.6 Å². The molecule has 3 N–H and O–H groups in total. The number of aliphatic imine (C=N–C) groups is 1. The van der Waals surface area contributed by atoms with Crippen LogP contribution >= 0.6 is 0 Å². The van der Waals surface area contributed by atoms with Crippen LogP contribution in [0, 0.1) is 5.82 Å². The monoisotopic (exact) mass is 421 g/mol. The van der Waals surface area contributed by atoms with Gasteiger partial charge in [-0.3, -0.25) is 15.0 Å². The van der Waals surface area contributed by atoms with Gasteiger partial charge in [-0.1, -0.05) is 30.3 Å². The molecule has 1 fully saturated rings. The molecule has 2 aromatic carbocycles. The third-order valence-electron chi connectivity index (χ3n) is 5.55. The van der Waals surface area contributed by atoms with E-state index in [9.17, 15) is 4.39 Å². The molecule has 1 aliphatic rings. The van der Waals surface area contributed by atoms with Gasteiger partial charge in [0.1, 0.15) is 12.1 Å². The second-order valence-corrected chi connectivity index (χ2v) is 7.78. The number of benzene rings is 2. The lowest BCUT2D eigenvalue weighted by molar-refractivity contribution is 0.198. The van der Waals surface area contributed by atoms with Crippen LogP contribution in [0.3, 0.4) is 0 Å². The van der Waals surface area contributed by atoms with Gasteiger partial charge < -0.3 is 10.6 Å². The molecule has 1 aromatic heterocycles. The molecule has 2 heterocycles. The predicted molar refractivity (Wildman–Crippen MR) is 120 cm³/mol. The second kappa shape index (κ2) is 10.2. The summed E-state index contributed by atoms with van der Waals surface area (Å²) >= 11 is 0. The van der Waals surface area contributed by atoms with Crippen molar-refractivity contribution in [1.29, 1.82) is 0 Å². The maximum Gasteiger partial charge on any atom is 0.191 e. The number of rotatable bonds is 6. The summed E-state index contributed by atoms with van der Waals surface area (Å²) in [7, 11) is 1.80. The summed E-state index contributed by atoms with van der Waals surface area (Å²) in [6.45, 7) is 3.54. The zero-order valence-corrected chi connectivity index (χ0v) is 17.7. The van der Waals surface area contributed by atoms with E-state index >= 15 is 0 Å². The number of hydrogen-bond acceptors (Lipinski definition) is 4. The van der Waals surface area contributed by atoms with Crippen LogP contribution in [0.2, 0.25) is 0 Å². The number of likely N-dealkylation sites (tertiary alicyclic amines) is 1. The van der Waals surface area contributed by atoms with Gasteiger partial charge in [-0.2, -0.15) is 5.10 Å². The smallest absolute Gasteiger partial charge is 0.191 e. The summed E-state index contributed by atoms with van der Waals surface area (Å²) < 4.78 is 13.1. The molecule has 0 saturated carbocycles. The summed E-state index contributed by atoms with van der Waals surface area (Å²) in [6.07, 6.45) is 3.60. The van der Waals surface area contributed by atoms with Crippen molar-refractivity contribution in [3.8, 4) is 11.4 Å². The van der Waals surface area contributed by atoms with E-state index in [4.69, 9.17) is 0 Å². The first-order valence-corrected chi connectivity index (χ1v) is 10.6. The van der Waals surface area contributed by atoms with Crippen LogP contribution in [0.5, 0.6) is 0 Å². The minimum absolute atomic E-state index is 0.185. The predicted octanol–water partition coefficient (Wildman–Crippen LogP) is 2.94. The van der Waals surface area contributed by atoms with Gasteiger partial charge in [-0.15, -0.1) is 0 Å². The van der Waals surface area contributed by atoms with E-state index < -0.39 is 0 Å². The summed E-state index contributed by atoms with van der Waals surface area (Å²) in [5.74, 6) is 1.38. The Balaban J connectivity index is 1.24. The Bertz CT molecular complexity index is 977. The average molecular weight is 422 g/mol. The molecule has 8 heteroatoms. The molecule has 0 bridgehead atoms. The number of halogens is 1. The van der Waals surface area contributed by atoms with Gasteiger partial charge in [0, 0.05) is 44.8 Å². The SMILES string of the molecule is CN=C(NCc1cccc(-c2ncn[nH]2)c1)NC1CCN(Cc2ccc(F)cc2)CC1. The quantitative estimate of drug-likeness (QED) is 0.421. The standard InChI is InChI=1S/C23H28FN7/c1-25-23(26-14-18-3-2-4-19(13-18)22-27-16-28-30-22)29-21-9-11-31(12-10-21)15-17-5-7-20(24)8-6-17/h2-8,13,16,21H,9-12,14-15H2,1H3,(H2,25,26,29)(H,27,28,30). The minimum atomic E-state index is -0.185. The van der Waals surface area contributed by atoms with Gasteiger partial charge in [0.05, 0.1) is 0 Å². The number of aromatic amines is 1. The van der Waals surface area contributed by atoms with Gasteiger partial charge >= 0.3 is 0 Å². The molecule has 162 valence electrons. The topological polar surface area (TPSA) is 81.2 Å². The minimum Gasteiger partial charge on any atom is -0.354 e. The van der Waals surface area contributed by atoms with Crippen LogP contribution in [0.15, 0.2) is 59.9 Å². The molecular formula is C23H28FN7. The van der Waals surface area contributed by atoms with Crippen molar-refractivity contribution in [2.75, 3.05) is 20.1 Å². The number of aromatic nitrogens is 3. The normalized spacial score (nSPS) is 15.7. The molecule has 7 nitrogen and oxygen atoms in total. The van der Waals surface area contributed by atoms with Crippen LogP contribution in [-0.2, 0) is 13.1 Å². The van der Waals surface area contributed by atoms with E-state index in [1.54, 1.807) is 7.05 Å². The highest BCUT2D eigenvalue weighted by Crippen LogP contribution is 2.16. The molecule has 31 heavy (non-hydrogen) atoms. The molecule has 0 spiro atoms. The molecule has 1 aliphatic heterocycles. The van der Waals surface area contributed by atoms with E-state index in [0.29, 0.717) is 12.6 Å². The maximum absolute atomic E-state index is 13.1. The Morgan fingerprint density at radius 1 is 1.16 bits per heavy atom. The van der Waals surface area contributed by atoms with Gasteiger partial charge in [-0.25, -0.2) is 9.37 Å². The lowest BCUT2D eigenvalue weighted by atomic mass is 10.0. The van der Waals surface area contributed by atoms with Gasteiger partial charge in [0.15, 0.2) is 11.8 Å². The van der Waals surface area contributed by atoms with Crippen molar-refractivity contribution in [2.24, 2.45) is 4.99 Å². The third kappa shape index (κ3) is 5.88. The van der Waals surface area contributed by atoms with Crippen LogP contribution in [0.4, 0.5) is 4.39 Å². The first-order chi connectivity index (χ1) is 15.2. The van der Waals surface area contributed by atoms with E-state index in [2.05, 4.69) is 47.8 Å². The summed E-state index contributed by atoms with van der Waals surface area (Å²) in [6, 6.07) is 15.4. The molecule has 1 saturated heterocycles. The van der Waals surface area contributed by atoms with Crippen molar-refractivity contribution in [1.82, 2.24) is 30.7 Å². The molecule has 0 atom stereocenters. The maximum atomic E-state index is 13.1. The zero-order chi connectivity index (χ0) is 21.5. The molecule has 0 aliphatic carbocycles. The van der Waals surface area contributed by atoms with Crippen LogP contribution in [-0.4, -0.2) is 52.2 Å². The number of piperidine rings is 1. The fourth-order valence-corrected chi connectivity index (χ4v) is 3.83. The highest BCUT2D eigenvalue weighted by molar-refractivity contribution is 5.80. The van der Waals surface area contributed by atoms with Crippen molar-refractivity contribution in [3.05, 3.63) is 71.8 Å². The summed E-state index contributed by atoms with van der Waals surface area (Å²) in [5, 5.41) is 13.8. The number of H-pyrrole nitrogens is 1. The van der Waals surface area contributed by atoms with Crippen molar-refractivity contribution in [3.63, 3.8) is 0 Å². The number of hydrogen-bond donors (Lipinski definition) is 3. The highest BCUT2D eigenvalue weighted by Gasteiger charge is 2.20. The Hall–Kier alpha value is -3.26. The Labute approximate surface area is 181 Å². The number of nitrogens with zero attached hydrogens (tertiary/aromatic N) is 4. The van der Waals surface area contributed by atoms with Crippen molar-refractivity contribution < 1.29 is 4.39 Å². The third-order valence-corrected chi connectivity index (χ3v) is 5.55. The second-order valence-electron chi connectivity index (χ2n) is 7.78. The van der Waals surface area contributed by atoms with Gasteiger partial charge in [0.25, 0.3) is 0 Å². The largest absolute Gasteiger partial charge is 0.354 e. The number of guanidine groups is 1. The first-order valence-electron chi connectivity index (χ1n) is 10.6. The van der Waals surface area contributed by atoms with E-state index in [1.807, 2.05) is 24.3 Å². The lowest BCUT2D eigenvalue weighted by Crippen LogP contribution is -2.48. The average Bonchev–Trinajstić information content (AvgIpc) is 3.35. The van der Waals surface area contributed by atoms with Crippen LogP contribution in [0.1, 0.15) is 24.0 Å². The van der Waals surface area contributed by atoms with Crippen LogP contribution in [0.25, 0.3) is 11.4 Å². The van der Waals surface area contributed by atoms with Crippen molar-refractivity contribution in [2.45, 2.75) is 32.0 Å². The molecule has 0 unspecified atom stereocenters. The summed E-state index contributed by atoms with van der Waals surface area (Å²) in [4.78, 5) is 11.0. The lowest BCUT2D eigenvalue weighted by Gasteiger charge is -2.33. The fraction of sp³-hybridized carbons (Fsp3) is 0.348. The Morgan fingerprint density at radius 3 is 2.68 bits per heavy atom. The summed E-state index contributed by atoms with van der Waals surface area (Å²) in [5.41, 5.74) is 3.30. The molecule has 0 amide bonds. The van der Waals surface area contributed by atoms with E-state index in [1.165, 1.54) is 18.5 Å².